The Labute approximate surface area is 299 Å². The van der Waals surface area contributed by atoms with Crippen LogP contribution in [0.15, 0.2) is 212 Å². The fraction of sp³-hybridized carbons (Fsp3) is 0. The summed E-state index contributed by atoms with van der Waals surface area (Å²) in [6.07, 6.45) is 0. The van der Waals surface area contributed by atoms with Gasteiger partial charge in [-0.1, -0.05) is 170 Å². The third kappa shape index (κ3) is 5.86. The highest BCUT2D eigenvalue weighted by Crippen LogP contribution is 2.44. The second kappa shape index (κ2) is 13.3. The van der Waals surface area contributed by atoms with Crippen LogP contribution < -0.4 is 4.90 Å². The second-order valence-corrected chi connectivity index (χ2v) is 13.0. The molecule has 0 saturated carbocycles. The summed E-state index contributed by atoms with van der Waals surface area (Å²) in [7, 11) is 0. The lowest BCUT2D eigenvalue weighted by molar-refractivity contribution is 1.28. The Morgan fingerprint density at radius 3 is 1.45 bits per heavy atom. The third-order valence-electron chi connectivity index (χ3n) is 9.85. The largest absolute Gasteiger partial charge is 0.310 e. The van der Waals surface area contributed by atoms with Crippen molar-refractivity contribution in [3.63, 3.8) is 0 Å². The SMILES string of the molecule is c1ccc(-c2cccc(N(c3ccc(-c4cc5ccccc5c5ccccc45)cc3)c3ccc(-c4ccccc4)cc3-c3ccccc3)c2)cc1. The van der Waals surface area contributed by atoms with Crippen LogP contribution in [0.4, 0.5) is 17.1 Å². The van der Waals surface area contributed by atoms with E-state index < -0.39 is 0 Å². The van der Waals surface area contributed by atoms with E-state index in [2.05, 4.69) is 217 Å². The molecule has 9 rings (SSSR count). The van der Waals surface area contributed by atoms with Crippen LogP contribution in [-0.2, 0) is 0 Å². The van der Waals surface area contributed by atoms with Crippen LogP contribution >= 0.6 is 0 Å². The predicted octanol–water partition coefficient (Wildman–Crippen LogP) is 14.1. The van der Waals surface area contributed by atoms with Crippen LogP contribution in [0.1, 0.15) is 0 Å². The molecule has 0 bridgehead atoms. The standard InChI is InChI=1S/C50H35N/c1-4-15-36(16-5-1)40-22-14-23-44(33-40)51(50-32-29-41(37-17-6-2-7-18-37)34-49(50)38-19-8-3-9-20-38)43-30-27-39(28-31-43)48-35-42-21-10-11-24-45(42)46-25-12-13-26-47(46)48/h1-35H. The van der Waals surface area contributed by atoms with Crippen LogP contribution in [0.2, 0.25) is 0 Å². The van der Waals surface area contributed by atoms with E-state index in [1.54, 1.807) is 0 Å². The molecular formula is C50H35N. The van der Waals surface area contributed by atoms with Gasteiger partial charge in [-0.05, 0) is 103 Å². The lowest BCUT2D eigenvalue weighted by Gasteiger charge is -2.29. The van der Waals surface area contributed by atoms with Gasteiger partial charge in [0.15, 0.2) is 0 Å². The van der Waals surface area contributed by atoms with Crippen molar-refractivity contribution in [3.05, 3.63) is 212 Å². The number of fused-ring (bicyclic) bond motifs is 3. The summed E-state index contributed by atoms with van der Waals surface area (Å²) in [4.78, 5) is 2.41. The highest BCUT2D eigenvalue weighted by molar-refractivity contribution is 6.13. The van der Waals surface area contributed by atoms with Gasteiger partial charge in [-0.2, -0.15) is 0 Å². The van der Waals surface area contributed by atoms with Crippen molar-refractivity contribution in [2.75, 3.05) is 4.90 Å². The van der Waals surface area contributed by atoms with Gasteiger partial charge in [0.2, 0.25) is 0 Å². The molecule has 0 radical (unpaired) electrons. The first-order valence-corrected chi connectivity index (χ1v) is 17.5. The average molecular weight is 650 g/mol. The minimum absolute atomic E-state index is 1.10. The molecule has 9 aromatic rings. The predicted molar refractivity (Wildman–Crippen MR) is 218 cm³/mol. The number of hydrogen-bond acceptors (Lipinski definition) is 1. The molecule has 240 valence electrons. The van der Waals surface area contributed by atoms with Crippen LogP contribution in [-0.4, -0.2) is 0 Å². The molecule has 9 aromatic carbocycles. The minimum Gasteiger partial charge on any atom is -0.310 e. The van der Waals surface area contributed by atoms with Gasteiger partial charge in [0, 0.05) is 16.9 Å². The van der Waals surface area contributed by atoms with Gasteiger partial charge in [-0.15, -0.1) is 0 Å². The van der Waals surface area contributed by atoms with E-state index in [4.69, 9.17) is 0 Å². The fourth-order valence-corrected chi connectivity index (χ4v) is 7.36. The van der Waals surface area contributed by atoms with Crippen molar-refractivity contribution in [2.45, 2.75) is 0 Å². The first kappa shape index (κ1) is 30.4. The van der Waals surface area contributed by atoms with Gasteiger partial charge in [0.25, 0.3) is 0 Å². The molecule has 0 unspecified atom stereocenters. The van der Waals surface area contributed by atoms with Crippen LogP contribution in [0.5, 0.6) is 0 Å². The van der Waals surface area contributed by atoms with Gasteiger partial charge < -0.3 is 4.90 Å². The summed E-state index contributed by atoms with van der Waals surface area (Å²) in [5.41, 5.74) is 12.9. The number of anilines is 3. The highest BCUT2D eigenvalue weighted by atomic mass is 15.1. The average Bonchev–Trinajstić information content (AvgIpc) is 3.22. The summed E-state index contributed by atoms with van der Waals surface area (Å²) >= 11 is 0. The molecule has 0 aromatic heterocycles. The molecule has 0 fully saturated rings. The normalized spacial score (nSPS) is 11.1. The zero-order chi connectivity index (χ0) is 34.0. The molecule has 0 atom stereocenters. The number of rotatable bonds is 7. The van der Waals surface area contributed by atoms with Crippen molar-refractivity contribution < 1.29 is 0 Å². The molecule has 0 saturated heterocycles. The van der Waals surface area contributed by atoms with Crippen LogP contribution in [0.3, 0.4) is 0 Å². The van der Waals surface area contributed by atoms with Gasteiger partial charge in [-0.25, -0.2) is 0 Å². The molecule has 0 spiro atoms. The molecule has 0 aliphatic carbocycles. The number of benzene rings is 9. The van der Waals surface area contributed by atoms with Crippen LogP contribution in [0.25, 0.3) is 66.1 Å². The van der Waals surface area contributed by atoms with Crippen molar-refractivity contribution in [3.8, 4) is 44.5 Å². The summed E-state index contributed by atoms with van der Waals surface area (Å²) < 4.78 is 0. The Hall–Kier alpha value is -6.70. The van der Waals surface area contributed by atoms with Crippen LogP contribution in [0, 0.1) is 0 Å². The number of hydrogen-bond donors (Lipinski definition) is 0. The van der Waals surface area contributed by atoms with E-state index in [1.165, 1.54) is 66.1 Å². The molecule has 0 aliphatic rings. The Morgan fingerprint density at radius 1 is 0.255 bits per heavy atom. The maximum Gasteiger partial charge on any atom is 0.0540 e. The van der Waals surface area contributed by atoms with E-state index in [9.17, 15) is 0 Å². The molecule has 0 heterocycles. The number of nitrogens with zero attached hydrogens (tertiary/aromatic N) is 1. The molecule has 0 N–H and O–H groups in total. The molecule has 0 aliphatic heterocycles. The topological polar surface area (TPSA) is 3.24 Å². The first-order valence-electron chi connectivity index (χ1n) is 17.5. The Balaban J connectivity index is 1.23. The maximum atomic E-state index is 2.41. The van der Waals surface area contributed by atoms with Crippen molar-refractivity contribution >= 4 is 38.6 Å². The first-order chi connectivity index (χ1) is 25.3. The van der Waals surface area contributed by atoms with Gasteiger partial charge >= 0.3 is 0 Å². The Bertz CT molecular complexity index is 2610. The second-order valence-electron chi connectivity index (χ2n) is 13.0. The molecular weight excluding hydrogens is 615 g/mol. The summed E-state index contributed by atoms with van der Waals surface area (Å²) in [6, 6.07) is 76.6. The monoisotopic (exact) mass is 649 g/mol. The maximum absolute atomic E-state index is 2.41. The Morgan fingerprint density at radius 2 is 0.765 bits per heavy atom. The zero-order valence-electron chi connectivity index (χ0n) is 28.2. The van der Waals surface area contributed by atoms with E-state index in [-0.39, 0.29) is 0 Å². The molecule has 1 heteroatoms. The van der Waals surface area contributed by atoms with Gasteiger partial charge in [-0.3, -0.25) is 0 Å². The van der Waals surface area contributed by atoms with E-state index in [1.807, 2.05) is 0 Å². The summed E-state index contributed by atoms with van der Waals surface area (Å²) in [5.74, 6) is 0. The molecule has 1 nitrogen and oxygen atoms in total. The fourth-order valence-electron chi connectivity index (χ4n) is 7.36. The zero-order valence-corrected chi connectivity index (χ0v) is 28.2. The van der Waals surface area contributed by atoms with Gasteiger partial charge in [0.05, 0.1) is 5.69 Å². The van der Waals surface area contributed by atoms with Crippen molar-refractivity contribution in [1.82, 2.24) is 0 Å². The Kier molecular flexibility index (Phi) is 7.92. The van der Waals surface area contributed by atoms with Crippen molar-refractivity contribution in [2.24, 2.45) is 0 Å². The van der Waals surface area contributed by atoms with E-state index in [0.29, 0.717) is 0 Å². The van der Waals surface area contributed by atoms with Crippen molar-refractivity contribution in [1.29, 1.82) is 0 Å². The third-order valence-corrected chi connectivity index (χ3v) is 9.85. The minimum atomic E-state index is 1.10. The molecule has 0 amide bonds. The van der Waals surface area contributed by atoms with Gasteiger partial charge in [0.1, 0.15) is 0 Å². The summed E-state index contributed by atoms with van der Waals surface area (Å²) in [5, 5.41) is 5.07. The highest BCUT2D eigenvalue weighted by Gasteiger charge is 2.19. The quantitative estimate of drug-likeness (QED) is 0.155. The molecule has 51 heavy (non-hydrogen) atoms. The van der Waals surface area contributed by atoms with E-state index >= 15 is 0 Å². The lowest BCUT2D eigenvalue weighted by Crippen LogP contribution is -2.11. The summed E-state index contributed by atoms with van der Waals surface area (Å²) in [6.45, 7) is 0. The lowest BCUT2D eigenvalue weighted by atomic mass is 9.93. The smallest absolute Gasteiger partial charge is 0.0540 e. The van der Waals surface area contributed by atoms with E-state index in [0.717, 1.165) is 17.1 Å².